The Hall–Kier alpha value is -3.66. The standard InChI is InChI=1S/C8H7N3O2.C7H5N3O2/c12-5-6(13)7-8-10-2-4-11(8)3-1-9-7;11-7(12)5-6-9-2-4-10(6)3-1-8-5/h1-4,12H,5H2;1-4H,(H,11,12). The maximum Gasteiger partial charge on any atom is 0.358 e. The summed E-state index contributed by atoms with van der Waals surface area (Å²) >= 11 is 0. The molecule has 0 amide bonds. The van der Waals surface area contributed by atoms with Crippen LogP contribution in [0, 0.1) is 0 Å². The van der Waals surface area contributed by atoms with Crippen molar-refractivity contribution in [2.24, 2.45) is 0 Å². The number of carbonyl (C=O) groups excluding carboxylic acids is 1. The number of hydrogen-bond donors (Lipinski definition) is 2. The van der Waals surface area contributed by atoms with Crippen molar-refractivity contribution < 1.29 is 19.8 Å². The summed E-state index contributed by atoms with van der Waals surface area (Å²) in [6.45, 7) is -0.542. The maximum atomic E-state index is 11.2. The van der Waals surface area contributed by atoms with Gasteiger partial charge in [-0.1, -0.05) is 0 Å². The van der Waals surface area contributed by atoms with Crippen molar-refractivity contribution in [3.63, 3.8) is 0 Å². The van der Waals surface area contributed by atoms with Crippen molar-refractivity contribution >= 4 is 23.0 Å². The molecule has 0 aliphatic carbocycles. The van der Waals surface area contributed by atoms with Crippen LogP contribution >= 0.6 is 0 Å². The van der Waals surface area contributed by atoms with Gasteiger partial charge in [0.2, 0.25) is 5.78 Å². The summed E-state index contributed by atoms with van der Waals surface area (Å²) in [6.07, 6.45) is 12.8. The van der Waals surface area contributed by atoms with E-state index in [1.54, 1.807) is 39.8 Å². The predicted molar refractivity (Wildman–Crippen MR) is 84.3 cm³/mol. The van der Waals surface area contributed by atoms with Gasteiger partial charge in [-0.3, -0.25) is 4.79 Å². The highest BCUT2D eigenvalue weighted by Gasteiger charge is 2.11. The highest BCUT2D eigenvalue weighted by molar-refractivity contribution is 6.00. The second kappa shape index (κ2) is 6.84. The fourth-order valence-electron chi connectivity index (χ4n) is 2.13. The fraction of sp³-hybridized carbons (Fsp3) is 0.0667. The van der Waals surface area contributed by atoms with E-state index >= 15 is 0 Å². The molecule has 10 heteroatoms. The number of ketones is 1. The minimum atomic E-state index is -1.06. The van der Waals surface area contributed by atoms with Gasteiger partial charge in [-0.2, -0.15) is 0 Å². The first kappa shape index (κ1) is 16.2. The molecule has 0 saturated carbocycles. The predicted octanol–water partition coefficient (Wildman–Crippen LogP) is 0.332. The molecule has 0 spiro atoms. The van der Waals surface area contributed by atoms with Crippen LogP contribution in [0.2, 0.25) is 0 Å². The lowest BCUT2D eigenvalue weighted by Gasteiger charge is -1.98. The number of aromatic carboxylic acids is 1. The molecule has 4 rings (SSSR count). The third-order valence-electron chi connectivity index (χ3n) is 3.23. The molecule has 0 fully saturated rings. The van der Waals surface area contributed by atoms with Crippen molar-refractivity contribution in [3.8, 4) is 0 Å². The molecule has 4 aromatic heterocycles. The first-order valence-electron chi connectivity index (χ1n) is 7.04. The second-order valence-electron chi connectivity index (χ2n) is 4.75. The SMILES string of the molecule is O=C(CO)c1nccn2ccnc12.O=C(O)c1nccn2ccnc12. The van der Waals surface area contributed by atoms with Gasteiger partial charge in [0.05, 0.1) is 0 Å². The Morgan fingerprint density at radius 2 is 1.24 bits per heavy atom. The van der Waals surface area contributed by atoms with Gasteiger partial charge in [0.15, 0.2) is 22.7 Å². The van der Waals surface area contributed by atoms with Crippen molar-refractivity contribution in [1.82, 2.24) is 28.7 Å². The van der Waals surface area contributed by atoms with Crippen LogP contribution in [-0.4, -0.2) is 57.3 Å². The Morgan fingerprint density at radius 3 is 1.72 bits per heavy atom. The maximum absolute atomic E-state index is 11.2. The van der Waals surface area contributed by atoms with Crippen LogP contribution in [0.3, 0.4) is 0 Å². The molecule has 0 atom stereocenters. The summed E-state index contributed by atoms with van der Waals surface area (Å²) in [6, 6.07) is 0. The van der Waals surface area contributed by atoms with Gasteiger partial charge in [0.1, 0.15) is 6.61 Å². The van der Waals surface area contributed by atoms with Gasteiger partial charge in [-0.05, 0) is 0 Å². The van der Waals surface area contributed by atoms with Crippen LogP contribution in [0.4, 0.5) is 0 Å². The van der Waals surface area contributed by atoms with Crippen LogP contribution in [0.25, 0.3) is 11.3 Å². The van der Waals surface area contributed by atoms with Crippen molar-refractivity contribution in [1.29, 1.82) is 0 Å². The lowest BCUT2D eigenvalue weighted by Crippen LogP contribution is -2.09. The van der Waals surface area contributed by atoms with E-state index in [4.69, 9.17) is 10.2 Å². The number of aliphatic hydroxyl groups is 1. The fourth-order valence-corrected chi connectivity index (χ4v) is 2.13. The Labute approximate surface area is 140 Å². The zero-order chi connectivity index (χ0) is 17.8. The molecule has 0 aliphatic heterocycles. The Morgan fingerprint density at radius 1 is 0.800 bits per heavy atom. The molecule has 10 nitrogen and oxygen atoms in total. The van der Waals surface area contributed by atoms with E-state index in [-0.39, 0.29) is 11.4 Å². The van der Waals surface area contributed by atoms with Crippen LogP contribution in [0.15, 0.2) is 49.6 Å². The molecule has 0 aliphatic rings. The summed E-state index contributed by atoms with van der Waals surface area (Å²) in [5.74, 6) is -1.48. The summed E-state index contributed by atoms with van der Waals surface area (Å²) < 4.78 is 3.28. The number of aliphatic hydroxyl groups excluding tert-OH is 1. The highest BCUT2D eigenvalue weighted by atomic mass is 16.4. The molecular weight excluding hydrogens is 328 g/mol. The summed E-state index contributed by atoms with van der Waals surface area (Å²) in [5, 5.41) is 17.3. The van der Waals surface area contributed by atoms with E-state index in [0.717, 1.165) is 0 Å². The normalized spacial score (nSPS) is 10.4. The lowest BCUT2D eigenvalue weighted by molar-refractivity contribution is 0.0691. The molecule has 0 saturated heterocycles. The van der Waals surface area contributed by atoms with Gasteiger partial charge in [0, 0.05) is 49.6 Å². The highest BCUT2D eigenvalue weighted by Crippen LogP contribution is 2.05. The van der Waals surface area contributed by atoms with Gasteiger partial charge in [-0.15, -0.1) is 0 Å². The topological polar surface area (TPSA) is 135 Å². The van der Waals surface area contributed by atoms with E-state index in [1.165, 1.54) is 18.6 Å². The summed E-state index contributed by atoms with van der Waals surface area (Å²) in [7, 11) is 0. The average molecular weight is 340 g/mol. The third kappa shape index (κ3) is 3.19. The first-order chi connectivity index (χ1) is 12.1. The number of nitrogens with zero attached hydrogens (tertiary/aromatic N) is 6. The molecule has 4 heterocycles. The van der Waals surface area contributed by atoms with Crippen molar-refractivity contribution in [3.05, 3.63) is 61.0 Å². The molecule has 0 radical (unpaired) electrons. The quantitative estimate of drug-likeness (QED) is 0.509. The third-order valence-corrected chi connectivity index (χ3v) is 3.23. The zero-order valence-corrected chi connectivity index (χ0v) is 12.7. The number of hydrogen-bond acceptors (Lipinski definition) is 7. The summed E-state index contributed by atoms with van der Waals surface area (Å²) in [5.41, 5.74) is 1.02. The second-order valence-corrected chi connectivity index (χ2v) is 4.75. The molecule has 0 unspecified atom stereocenters. The Kier molecular flexibility index (Phi) is 4.44. The Bertz CT molecular complexity index is 1050. The minimum absolute atomic E-state index is 0.0255. The molecule has 0 aromatic carbocycles. The van der Waals surface area contributed by atoms with Crippen LogP contribution < -0.4 is 0 Å². The number of carboxylic acids is 1. The molecule has 126 valence electrons. The van der Waals surface area contributed by atoms with E-state index in [0.29, 0.717) is 11.3 Å². The molecular formula is C15H12N6O4. The van der Waals surface area contributed by atoms with E-state index < -0.39 is 18.4 Å². The van der Waals surface area contributed by atoms with Crippen LogP contribution in [-0.2, 0) is 0 Å². The summed E-state index contributed by atoms with van der Waals surface area (Å²) in [4.78, 5) is 37.1. The van der Waals surface area contributed by atoms with Crippen molar-refractivity contribution in [2.75, 3.05) is 6.61 Å². The van der Waals surface area contributed by atoms with Crippen LogP contribution in [0.5, 0.6) is 0 Å². The van der Waals surface area contributed by atoms with E-state index in [1.807, 2.05) is 0 Å². The minimum Gasteiger partial charge on any atom is -0.476 e. The largest absolute Gasteiger partial charge is 0.476 e. The van der Waals surface area contributed by atoms with Gasteiger partial charge >= 0.3 is 5.97 Å². The molecule has 25 heavy (non-hydrogen) atoms. The first-order valence-corrected chi connectivity index (χ1v) is 7.04. The number of rotatable bonds is 3. The smallest absolute Gasteiger partial charge is 0.358 e. The lowest BCUT2D eigenvalue weighted by atomic mass is 10.3. The van der Waals surface area contributed by atoms with Crippen LogP contribution in [0.1, 0.15) is 21.0 Å². The van der Waals surface area contributed by atoms with Gasteiger partial charge < -0.3 is 19.0 Å². The molecule has 2 N–H and O–H groups in total. The number of Topliss-reactive ketones (excluding diaryl/α,β-unsaturated/α-hetero) is 1. The number of fused-ring (bicyclic) bond motifs is 2. The number of carboxylic acid groups (broad SMARTS) is 1. The number of imidazole rings is 2. The van der Waals surface area contributed by atoms with Crippen molar-refractivity contribution in [2.45, 2.75) is 0 Å². The average Bonchev–Trinajstić information content (AvgIpc) is 3.29. The number of carbonyl (C=O) groups is 2. The number of aromatic nitrogens is 6. The van der Waals surface area contributed by atoms with E-state index in [9.17, 15) is 9.59 Å². The molecule has 4 aromatic rings. The molecule has 0 bridgehead atoms. The Balaban J connectivity index is 0.000000146. The van der Waals surface area contributed by atoms with Gasteiger partial charge in [0.25, 0.3) is 0 Å². The monoisotopic (exact) mass is 340 g/mol. The van der Waals surface area contributed by atoms with E-state index in [2.05, 4.69) is 19.9 Å². The zero-order valence-electron chi connectivity index (χ0n) is 12.7. The van der Waals surface area contributed by atoms with Gasteiger partial charge in [-0.25, -0.2) is 24.7 Å².